The van der Waals surface area contributed by atoms with E-state index in [4.69, 9.17) is 11.5 Å². The summed E-state index contributed by atoms with van der Waals surface area (Å²) in [5.74, 6) is 0.966. The molecule has 0 saturated heterocycles. The van der Waals surface area contributed by atoms with Crippen LogP contribution in [0.3, 0.4) is 0 Å². The first kappa shape index (κ1) is 18.1. The van der Waals surface area contributed by atoms with Crippen molar-refractivity contribution in [2.75, 3.05) is 18.8 Å². The fourth-order valence-corrected chi connectivity index (χ4v) is 3.99. The summed E-state index contributed by atoms with van der Waals surface area (Å²) < 4.78 is 24.4. The molecule has 0 bridgehead atoms. The van der Waals surface area contributed by atoms with Gasteiger partial charge in [0.15, 0.2) is 9.84 Å². The molecule has 120 valence electrons. The third-order valence-electron chi connectivity index (χ3n) is 4.35. The van der Waals surface area contributed by atoms with Crippen molar-refractivity contribution in [3.05, 3.63) is 29.8 Å². The molecule has 0 heterocycles. The van der Waals surface area contributed by atoms with Gasteiger partial charge in [-0.1, -0.05) is 32.9 Å². The summed E-state index contributed by atoms with van der Waals surface area (Å²) in [6.07, 6.45) is 0.626. The molecule has 2 atom stereocenters. The zero-order chi connectivity index (χ0) is 16.0. The maximum Gasteiger partial charge on any atom is 0.178 e. The minimum atomic E-state index is -3.17. The first-order valence-corrected chi connectivity index (χ1v) is 9.25. The average Bonchev–Trinajstić information content (AvgIpc) is 2.47. The monoisotopic (exact) mass is 312 g/mol. The molecule has 0 aromatic heterocycles. The lowest BCUT2D eigenvalue weighted by Crippen LogP contribution is -2.31. The summed E-state index contributed by atoms with van der Waals surface area (Å²) in [7, 11) is -3.17. The van der Waals surface area contributed by atoms with Gasteiger partial charge in [0, 0.05) is 0 Å². The van der Waals surface area contributed by atoms with Crippen LogP contribution in [0.2, 0.25) is 0 Å². The minimum absolute atomic E-state index is 0.189. The Morgan fingerprint density at radius 3 is 2.29 bits per heavy atom. The van der Waals surface area contributed by atoms with E-state index in [-0.39, 0.29) is 17.6 Å². The van der Waals surface area contributed by atoms with Crippen LogP contribution < -0.4 is 11.5 Å². The molecule has 21 heavy (non-hydrogen) atoms. The van der Waals surface area contributed by atoms with Gasteiger partial charge >= 0.3 is 0 Å². The number of sulfone groups is 1. The van der Waals surface area contributed by atoms with Gasteiger partial charge in [-0.05, 0) is 55.0 Å². The van der Waals surface area contributed by atoms with Crippen LogP contribution in [-0.4, -0.2) is 27.3 Å². The predicted octanol–water partition coefficient (Wildman–Crippen LogP) is 2.14. The summed E-state index contributed by atoms with van der Waals surface area (Å²) in [4.78, 5) is 0.415. The van der Waals surface area contributed by atoms with Gasteiger partial charge in [-0.25, -0.2) is 8.42 Å². The van der Waals surface area contributed by atoms with E-state index >= 15 is 0 Å². The van der Waals surface area contributed by atoms with Crippen LogP contribution in [0.4, 0.5) is 0 Å². The molecular formula is C16H28N2O2S. The lowest BCUT2D eigenvalue weighted by molar-refractivity contribution is 0.328. The topological polar surface area (TPSA) is 86.2 Å². The second-order valence-corrected chi connectivity index (χ2v) is 7.88. The van der Waals surface area contributed by atoms with Gasteiger partial charge in [0.2, 0.25) is 0 Å². The quantitative estimate of drug-likeness (QED) is 0.770. The van der Waals surface area contributed by atoms with Crippen LogP contribution in [0.5, 0.6) is 0 Å². The molecule has 1 aromatic rings. The smallest absolute Gasteiger partial charge is 0.178 e. The third kappa shape index (κ3) is 4.53. The molecule has 0 fully saturated rings. The van der Waals surface area contributed by atoms with Gasteiger partial charge in [0.1, 0.15) is 0 Å². The van der Waals surface area contributed by atoms with E-state index < -0.39 is 9.84 Å². The van der Waals surface area contributed by atoms with Crippen molar-refractivity contribution < 1.29 is 8.42 Å². The Morgan fingerprint density at radius 2 is 1.76 bits per heavy atom. The highest BCUT2D eigenvalue weighted by atomic mass is 32.2. The van der Waals surface area contributed by atoms with Gasteiger partial charge in [-0.2, -0.15) is 0 Å². The van der Waals surface area contributed by atoms with Crippen molar-refractivity contribution in [2.45, 2.75) is 38.0 Å². The highest BCUT2D eigenvalue weighted by molar-refractivity contribution is 7.91. The Morgan fingerprint density at radius 1 is 1.14 bits per heavy atom. The molecule has 1 rings (SSSR count). The van der Waals surface area contributed by atoms with E-state index in [0.29, 0.717) is 30.3 Å². The van der Waals surface area contributed by atoms with Crippen molar-refractivity contribution >= 4 is 9.84 Å². The summed E-state index contributed by atoms with van der Waals surface area (Å²) in [5, 5.41) is 0. The molecule has 2 unspecified atom stereocenters. The molecule has 0 spiro atoms. The molecule has 0 aliphatic heterocycles. The summed E-state index contributed by atoms with van der Waals surface area (Å²) in [6.45, 7) is 7.21. The average molecular weight is 312 g/mol. The van der Waals surface area contributed by atoms with E-state index in [1.54, 1.807) is 12.1 Å². The molecular weight excluding hydrogens is 284 g/mol. The van der Waals surface area contributed by atoms with Crippen molar-refractivity contribution in [2.24, 2.45) is 23.3 Å². The SMILES string of the molecule is CCCS(=O)(=O)c1cccc(C(C)C(C)C(CN)CN)c1. The van der Waals surface area contributed by atoms with Gasteiger partial charge in [-0.15, -0.1) is 0 Å². The Kier molecular flexibility index (Phi) is 6.84. The van der Waals surface area contributed by atoms with Crippen LogP contribution >= 0.6 is 0 Å². The zero-order valence-corrected chi connectivity index (χ0v) is 14.1. The fourth-order valence-electron chi connectivity index (χ4n) is 2.62. The maximum absolute atomic E-state index is 12.2. The van der Waals surface area contributed by atoms with Crippen LogP contribution in [0, 0.1) is 11.8 Å². The number of hydrogen-bond donors (Lipinski definition) is 2. The molecule has 0 aliphatic carbocycles. The Balaban J connectivity index is 3.05. The molecule has 0 aliphatic rings. The van der Waals surface area contributed by atoms with Crippen molar-refractivity contribution in [3.63, 3.8) is 0 Å². The standard InChI is InChI=1S/C16H28N2O2S/c1-4-8-21(19,20)16-7-5-6-14(9-16)12(2)13(3)15(10-17)11-18/h5-7,9,12-13,15H,4,8,10-11,17-18H2,1-3H3. The molecule has 0 amide bonds. The minimum Gasteiger partial charge on any atom is -0.330 e. The van der Waals surface area contributed by atoms with Crippen LogP contribution in [0.25, 0.3) is 0 Å². The van der Waals surface area contributed by atoms with E-state index in [2.05, 4.69) is 13.8 Å². The van der Waals surface area contributed by atoms with Crippen LogP contribution in [-0.2, 0) is 9.84 Å². The van der Waals surface area contributed by atoms with Gasteiger partial charge in [0.25, 0.3) is 0 Å². The van der Waals surface area contributed by atoms with Crippen molar-refractivity contribution in [1.82, 2.24) is 0 Å². The van der Waals surface area contributed by atoms with E-state index in [0.717, 1.165) is 5.56 Å². The first-order valence-electron chi connectivity index (χ1n) is 7.60. The summed E-state index contributed by atoms with van der Waals surface area (Å²) in [6, 6.07) is 7.28. The van der Waals surface area contributed by atoms with E-state index in [9.17, 15) is 8.42 Å². The highest BCUT2D eigenvalue weighted by Gasteiger charge is 2.23. The van der Waals surface area contributed by atoms with Gasteiger partial charge < -0.3 is 11.5 Å². The van der Waals surface area contributed by atoms with Crippen LogP contribution in [0.15, 0.2) is 29.2 Å². The normalized spacial score (nSPS) is 15.1. The Hall–Kier alpha value is -0.910. The molecule has 0 radical (unpaired) electrons. The predicted molar refractivity (Wildman–Crippen MR) is 88.0 cm³/mol. The number of nitrogens with two attached hydrogens (primary N) is 2. The van der Waals surface area contributed by atoms with Crippen molar-refractivity contribution in [1.29, 1.82) is 0 Å². The Bertz CT molecular complexity index is 539. The maximum atomic E-state index is 12.2. The lowest BCUT2D eigenvalue weighted by Gasteiger charge is -2.27. The number of hydrogen-bond acceptors (Lipinski definition) is 4. The lowest BCUT2D eigenvalue weighted by atomic mass is 9.80. The zero-order valence-electron chi connectivity index (χ0n) is 13.2. The largest absolute Gasteiger partial charge is 0.330 e. The molecule has 1 aromatic carbocycles. The number of benzene rings is 1. The van der Waals surface area contributed by atoms with Crippen LogP contribution in [0.1, 0.15) is 38.7 Å². The number of rotatable bonds is 8. The Labute approximate surface area is 128 Å². The first-order chi connectivity index (χ1) is 9.87. The highest BCUT2D eigenvalue weighted by Crippen LogP contribution is 2.30. The second kappa shape index (κ2) is 7.92. The van der Waals surface area contributed by atoms with E-state index in [1.807, 2.05) is 19.1 Å². The molecule has 0 saturated carbocycles. The molecule has 5 heteroatoms. The fraction of sp³-hybridized carbons (Fsp3) is 0.625. The van der Waals surface area contributed by atoms with Gasteiger partial charge in [0.05, 0.1) is 10.6 Å². The third-order valence-corrected chi connectivity index (χ3v) is 6.27. The van der Waals surface area contributed by atoms with Crippen molar-refractivity contribution in [3.8, 4) is 0 Å². The van der Waals surface area contributed by atoms with E-state index in [1.165, 1.54) is 0 Å². The molecule has 4 nitrogen and oxygen atoms in total. The van der Waals surface area contributed by atoms with Gasteiger partial charge in [-0.3, -0.25) is 0 Å². The summed E-state index contributed by atoms with van der Waals surface area (Å²) >= 11 is 0. The molecule has 4 N–H and O–H groups in total. The summed E-state index contributed by atoms with van der Waals surface area (Å²) in [5.41, 5.74) is 12.6. The second-order valence-electron chi connectivity index (χ2n) is 5.77.